The number of hydrogen-bond acceptors (Lipinski definition) is 4. The monoisotopic (exact) mass is 604 g/mol. The summed E-state index contributed by atoms with van der Waals surface area (Å²) in [5.41, 5.74) is 0.371. The number of rotatable bonds is 16. The molecule has 0 aliphatic rings. The zero-order chi connectivity index (χ0) is 33.9. The molecule has 0 saturated carbocycles. The summed E-state index contributed by atoms with van der Waals surface area (Å²) in [5, 5.41) is 42.5. The average Bonchev–Trinajstić information content (AvgIpc) is 2.85. The highest BCUT2D eigenvalue weighted by Crippen LogP contribution is 2.17. The summed E-state index contributed by atoms with van der Waals surface area (Å²) in [6.45, 7) is 19.2. The molecule has 0 rings (SSSR count). The third kappa shape index (κ3) is 24.6. The second-order valence-corrected chi connectivity index (χ2v) is 13.5. The van der Waals surface area contributed by atoms with E-state index in [2.05, 4.69) is 77.4 Å². The Morgan fingerprint density at radius 1 is 0.568 bits per heavy atom. The number of hydrogen-bond donors (Lipinski definition) is 4. The molecule has 0 spiro atoms. The van der Waals surface area contributed by atoms with E-state index in [1.807, 2.05) is 24.3 Å². The van der Waals surface area contributed by atoms with Gasteiger partial charge >= 0.3 is 0 Å². The van der Waals surface area contributed by atoms with E-state index in [0.717, 1.165) is 25.7 Å². The molecule has 0 bridgehead atoms. The average molecular weight is 605 g/mol. The Labute approximate surface area is 269 Å². The first-order valence-electron chi connectivity index (χ1n) is 15.8. The molecule has 0 aromatic carbocycles. The van der Waals surface area contributed by atoms with Gasteiger partial charge in [-0.1, -0.05) is 107 Å². The fourth-order valence-corrected chi connectivity index (χ4v) is 3.86. The van der Waals surface area contributed by atoms with Crippen molar-refractivity contribution < 1.29 is 20.4 Å². The Kier molecular flexibility index (Phi) is 18.9. The van der Waals surface area contributed by atoms with Gasteiger partial charge in [0.2, 0.25) is 0 Å². The summed E-state index contributed by atoms with van der Waals surface area (Å²) in [4.78, 5) is 0. The van der Waals surface area contributed by atoms with Gasteiger partial charge in [-0.2, -0.15) is 0 Å². The summed E-state index contributed by atoms with van der Waals surface area (Å²) in [6.07, 6.45) is 24.1. The topological polar surface area (TPSA) is 80.9 Å². The standard InChI is InChI=1S/C40H60O4/c1-33(2)19-13-21-35(5)23-15-27-39(9,43)31-17-29-37(7,41)25-11-12-26-38(8,42)30-18-32-40(10,44)28-16-24-36(6)22-14-20-34(3)4/h11-12,15-16,19-20,23-24,27-28,41-44H,13-14,21-22,25-26,31-32H2,1-10H3. The maximum absolute atomic E-state index is 10.6. The molecular formula is C40H60O4. The van der Waals surface area contributed by atoms with Gasteiger partial charge in [0.25, 0.3) is 0 Å². The van der Waals surface area contributed by atoms with E-state index in [1.165, 1.54) is 22.3 Å². The van der Waals surface area contributed by atoms with Crippen molar-refractivity contribution in [2.45, 2.75) is 143 Å². The van der Waals surface area contributed by atoms with Gasteiger partial charge < -0.3 is 20.4 Å². The first-order chi connectivity index (χ1) is 20.2. The van der Waals surface area contributed by atoms with Crippen LogP contribution in [0, 0.1) is 23.7 Å². The van der Waals surface area contributed by atoms with Crippen LogP contribution in [0.2, 0.25) is 0 Å². The lowest BCUT2D eigenvalue weighted by Gasteiger charge is -2.18. The number of allylic oxidation sites excluding steroid dienone is 10. The lowest BCUT2D eigenvalue weighted by molar-refractivity contribution is 0.113. The van der Waals surface area contributed by atoms with Crippen molar-refractivity contribution in [1.82, 2.24) is 0 Å². The highest BCUT2D eigenvalue weighted by molar-refractivity contribution is 5.22. The third-order valence-electron chi connectivity index (χ3n) is 6.66. The summed E-state index contributed by atoms with van der Waals surface area (Å²) in [6, 6.07) is 0. The molecule has 0 heterocycles. The van der Waals surface area contributed by atoms with Crippen LogP contribution in [0.3, 0.4) is 0 Å². The highest BCUT2D eigenvalue weighted by Gasteiger charge is 2.19. The van der Waals surface area contributed by atoms with E-state index in [0.29, 0.717) is 0 Å². The molecule has 0 aliphatic heterocycles. The van der Waals surface area contributed by atoms with Crippen LogP contribution in [0.15, 0.2) is 83.1 Å². The maximum atomic E-state index is 10.6. The van der Waals surface area contributed by atoms with Crippen molar-refractivity contribution in [3.63, 3.8) is 0 Å². The lowest BCUT2D eigenvalue weighted by atomic mass is 9.97. The normalized spacial score (nSPS) is 18.0. The van der Waals surface area contributed by atoms with Crippen LogP contribution in [0.1, 0.15) is 121 Å². The minimum absolute atomic E-state index is 0.198. The van der Waals surface area contributed by atoms with Gasteiger partial charge in [-0.15, -0.1) is 0 Å². The van der Waals surface area contributed by atoms with Crippen LogP contribution in [-0.2, 0) is 0 Å². The van der Waals surface area contributed by atoms with Crippen LogP contribution >= 0.6 is 0 Å². The molecule has 0 fully saturated rings. The predicted molar refractivity (Wildman–Crippen MR) is 189 cm³/mol. The fraction of sp³-hybridized carbons (Fsp3) is 0.550. The molecular weight excluding hydrogens is 544 g/mol. The van der Waals surface area contributed by atoms with Crippen LogP contribution in [0.25, 0.3) is 0 Å². The summed E-state index contributed by atoms with van der Waals surface area (Å²) >= 11 is 0. The van der Waals surface area contributed by atoms with Crippen molar-refractivity contribution in [1.29, 1.82) is 0 Å². The third-order valence-corrected chi connectivity index (χ3v) is 6.66. The Balaban J connectivity index is 4.85. The molecule has 244 valence electrons. The van der Waals surface area contributed by atoms with Gasteiger partial charge in [0.15, 0.2) is 0 Å². The molecule has 4 N–H and O–H groups in total. The second-order valence-electron chi connectivity index (χ2n) is 13.5. The molecule has 4 atom stereocenters. The molecule has 0 radical (unpaired) electrons. The molecule has 4 heteroatoms. The van der Waals surface area contributed by atoms with Gasteiger partial charge in [-0.3, -0.25) is 0 Å². The molecule has 44 heavy (non-hydrogen) atoms. The first kappa shape index (κ1) is 41.1. The summed E-state index contributed by atoms with van der Waals surface area (Å²) in [7, 11) is 0. The van der Waals surface area contributed by atoms with Gasteiger partial charge in [0, 0.05) is 25.7 Å². The lowest BCUT2D eigenvalue weighted by Crippen LogP contribution is -2.23. The maximum Gasteiger partial charge on any atom is 0.126 e. The summed E-state index contributed by atoms with van der Waals surface area (Å²) < 4.78 is 0. The van der Waals surface area contributed by atoms with Crippen LogP contribution in [-0.4, -0.2) is 42.8 Å². The number of aliphatic hydroxyl groups is 4. The molecule has 0 saturated heterocycles. The second kappa shape index (κ2) is 20.2. The quantitative estimate of drug-likeness (QED) is 0.0808. The van der Waals surface area contributed by atoms with E-state index in [4.69, 9.17) is 0 Å². The van der Waals surface area contributed by atoms with Crippen LogP contribution in [0.5, 0.6) is 0 Å². The molecule has 0 aromatic rings. The summed E-state index contributed by atoms with van der Waals surface area (Å²) in [5.74, 6) is 11.5. The minimum Gasteiger partial charge on any atom is -0.385 e. The van der Waals surface area contributed by atoms with Crippen molar-refractivity contribution in [2.24, 2.45) is 0 Å². The van der Waals surface area contributed by atoms with Gasteiger partial charge in [-0.25, -0.2) is 0 Å². The van der Waals surface area contributed by atoms with Crippen molar-refractivity contribution in [3.05, 3.63) is 83.1 Å². The van der Waals surface area contributed by atoms with Crippen LogP contribution < -0.4 is 0 Å². The van der Waals surface area contributed by atoms with Gasteiger partial charge in [0.05, 0.1) is 11.2 Å². The fourth-order valence-electron chi connectivity index (χ4n) is 3.86. The Hall–Kier alpha value is -2.86. The van der Waals surface area contributed by atoms with Gasteiger partial charge in [-0.05, 0) is 94.9 Å². The minimum atomic E-state index is -1.27. The molecule has 0 aromatic heterocycles. The van der Waals surface area contributed by atoms with Crippen LogP contribution in [0.4, 0.5) is 0 Å². The Morgan fingerprint density at radius 3 is 1.23 bits per heavy atom. The van der Waals surface area contributed by atoms with Crippen molar-refractivity contribution in [3.8, 4) is 23.7 Å². The van der Waals surface area contributed by atoms with E-state index in [9.17, 15) is 20.4 Å². The molecule has 0 amide bonds. The van der Waals surface area contributed by atoms with E-state index in [1.54, 1.807) is 52.0 Å². The molecule has 0 aliphatic carbocycles. The van der Waals surface area contributed by atoms with E-state index < -0.39 is 22.4 Å². The molecule has 4 unspecified atom stereocenters. The predicted octanol–water partition coefficient (Wildman–Crippen LogP) is 8.61. The Bertz CT molecular complexity index is 1120. The van der Waals surface area contributed by atoms with Crippen molar-refractivity contribution >= 4 is 0 Å². The highest BCUT2D eigenvalue weighted by atomic mass is 16.3. The molecule has 4 nitrogen and oxygen atoms in total. The van der Waals surface area contributed by atoms with E-state index >= 15 is 0 Å². The van der Waals surface area contributed by atoms with E-state index in [-0.39, 0.29) is 25.7 Å². The zero-order valence-corrected chi connectivity index (χ0v) is 29.2. The Morgan fingerprint density at radius 2 is 0.909 bits per heavy atom. The van der Waals surface area contributed by atoms with Gasteiger partial charge in [0.1, 0.15) is 11.2 Å². The van der Waals surface area contributed by atoms with Crippen molar-refractivity contribution in [2.75, 3.05) is 0 Å². The SMILES string of the molecule is CC(C)=CCCC(C)=CC=CC(C)(O)CC#CC(C)(O)CC=CCC(C)(O)C#CCC(C)(O)C=CC=C(C)CCC=C(C)C. The zero-order valence-electron chi connectivity index (χ0n) is 29.2. The largest absolute Gasteiger partial charge is 0.385 e. The smallest absolute Gasteiger partial charge is 0.126 e. The first-order valence-corrected chi connectivity index (χ1v) is 15.8.